The molecule has 0 aromatic heterocycles. The fourth-order valence-corrected chi connectivity index (χ4v) is 1.60. The number of quaternary nitrogens is 1. The van der Waals surface area contributed by atoms with Crippen molar-refractivity contribution in [2.75, 3.05) is 0 Å². The Morgan fingerprint density at radius 2 is 1.59 bits per heavy atom. The van der Waals surface area contributed by atoms with Crippen LogP contribution >= 0.6 is 0 Å². The molecule has 2 aromatic rings. The van der Waals surface area contributed by atoms with Gasteiger partial charge in [-0.2, -0.15) is 0 Å². The van der Waals surface area contributed by atoms with E-state index in [9.17, 15) is 9.59 Å². The van der Waals surface area contributed by atoms with Gasteiger partial charge < -0.3 is 0 Å². The second-order valence-electron chi connectivity index (χ2n) is 3.62. The van der Waals surface area contributed by atoms with Crippen LogP contribution in [-0.2, 0) is 0 Å². The maximum absolute atomic E-state index is 12.0. The second-order valence-corrected chi connectivity index (χ2v) is 3.62. The Bertz CT molecular complexity index is 535. The molecule has 0 bridgehead atoms. The molecule has 2 aromatic carbocycles. The number of hydrogen-bond donors (Lipinski definition) is 1. The topological polar surface area (TPSA) is 50.8 Å². The predicted molar refractivity (Wildman–Crippen MR) is 64.2 cm³/mol. The van der Waals surface area contributed by atoms with Gasteiger partial charge in [0.15, 0.2) is 6.29 Å². The third-order valence-corrected chi connectivity index (χ3v) is 2.45. The fourth-order valence-electron chi connectivity index (χ4n) is 1.60. The number of benzene rings is 2. The number of carbonyl (C=O) groups excluding carboxylic acids is 2. The molecule has 0 aliphatic heterocycles. The maximum atomic E-state index is 12.0. The number of primary amides is 1. The van der Waals surface area contributed by atoms with Crippen molar-refractivity contribution < 1.29 is 14.9 Å². The molecule has 3 heteroatoms. The Morgan fingerprint density at radius 1 is 0.941 bits per heavy atom. The summed E-state index contributed by atoms with van der Waals surface area (Å²) < 4.78 is 0. The molecule has 84 valence electrons. The third-order valence-electron chi connectivity index (χ3n) is 2.45. The summed E-state index contributed by atoms with van der Waals surface area (Å²) in [6.45, 7) is 0. The number of aldehydes is 1. The van der Waals surface area contributed by atoms with Crippen LogP contribution in [0.25, 0.3) is 0 Å². The molecular weight excluding hydrogens is 214 g/mol. The zero-order valence-corrected chi connectivity index (χ0v) is 9.17. The molecule has 0 fully saturated rings. The third kappa shape index (κ3) is 2.65. The van der Waals surface area contributed by atoms with Crippen LogP contribution < -0.4 is 5.32 Å². The average molecular weight is 226 g/mol. The normalized spacial score (nSPS) is 9.88. The summed E-state index contributed by atoms with van der Waals surface area (Å²) in [5.74, 6) is -0.154. The monoisotopic (exact) mass is 226 g/mol. The minimum Gasteiger partial charge on any atom is -0.298 e. The van der Waals surface area contributed by atoms with Gasteiger partial charge in [0.1, 0.15) is 5.69 Å². The Hall–Kier alpha value is -2.26. The lowest BCUT2D eigenvalue weighted by molar-refractivity contribution is -0.464. The number of carbonyl (C=O) groups is 2. The van der Waals surface area contributed by atoms with Crippen LogP contribution in [-0.4, -0.2) is 12.2 Å². The first kappa shape index (κ1) is 11.2. The van der Waals surface area contributed by atoms with E-state index >= 15 is 0 Å². The minimum absolute atomic E-state index is 0.154. The van der Waals surface area contributed by atoms with Crippen molar-refractivity contribution in [2.45, 2.75) is 0 Å². The van der Waals surface area contributed by atoms with Crippen LogP contribution in [0.15, 0.2) is 54.6 Å². The number of hydrogen-bond acceptors (Lipinski definition) is 2. The van der Waals surface area contributed by atoms with Gasteiger partial charge in [-0.15, -0.1) is 0 Å². The molecule has 2 rings (SSSR count). The van der Waals surface area contributed by atoms with Gasteiger partial charge in [0.2, 0.25) is 0 Å². The van der Waals surface area contributed by atoms with Crippen LogP contribution in [0.2, 0.25) is 0 Å². The van der Waals surface area contributed by atoms with E-state index in [-0.39, 0.29) is 5.91 Å². The molecule has 3 nitrogen and oxygen atoms in total. The standard InChI is InChI=1S/C14H11NO2/c16-10-11-6-4-5-9-13(11)14(17)15-12-7-2-1-3-8-12/h1-10H,(H,15,17)/p+1. The maximum Gasteiger partial charge on any atom is 0.348 e. The van der Waals surface area contributed by atoms with Crippen molar-refractivity contribution in [1.82, 2.24) is 0 Å². The first-order chi connectivity index (χ1) is 8.31. The van der Waals surface area contributed by atoms with E-state index in [4.69, 9.17) is 0 Å². The quantitative estimate of drug-likeness (QED) is 0.637. The van der Waals surface area contributed by atoms with Gasteiger partial charge in [-0.3, -0.25) is 4.79 Å². The van der Waals surface area contributed by atoms with Crippen LogP contribution in [0.4, 0.5) is 5.69 Å². The average Bonchev–Trinajstić information content (AvgIpc) is 2.40. The van der Waals surface area contributed by atoms with Crippen molar-refractivity contribution in [3.63, 3.8) is 0 Å². The van der Waals surface area contributed by atoms with E-state index in [2.05, 4.69) is 0 Å². The van der Waals surface area contributed by atoms with Crippen LogP contribution in [0.5, 0.6) is 0 Å². The largest absolute Gasteiger partial charge is 0.348 e. The van der Waals surface area contributed by atoms with Crippen LogP contribution in [0, 0.1) is 0 Å². The smallest absolute Gasteiger partial charge is 0.298 e. The van der Waals surface area contributed by atoms with Gasteiger partial charge in [-0.25, -0.2) is 10.1 Å². The molecule has 1 amide bonds. The highest BCUT2D eigenvalue weighted by Gasteiger charge is 2.14. The van der Waals surface area contributed by atoms with Crippen molar-refractivity contribution >= 4 is 17.9 Å². The van der Waals surface area contributed by atoms with Gasteiger partial charge in [-0.1, -0.05) is 36.4 Å². The molecule has 17 heavy (non-hydrogen) atoms. The molecule has 0 saturated heterocycles. The predicted octanol–water partition coefficient (Wildman–Crippen LogP) is 1.53. The number of nitrogens with two attached hydrogens (primary N) is 1. The van der Waals surface area contributed by atoms with Crippen molar-refractivity contribution in [3.8, 4) is 0 Å². The lowest BCUT2D eigenvalue weighted by Crippen LogP contribution is -2.82. The number of amides is 1. The second kappa shape index (κ2) is 5.18. The van der Waals surface area contributed by atoms with Crippen molar-refractivity contribution in [1.29, 1.82) is 0 Å². The van der Waals surface area contributed by atoms with Gasteiger partial charge in [0, 0.05) is 5.56 Å². The van der Waals surface area contributed by atoms with E-state index in [0.29, 0.717) is 17.4 Å². The molecule has 0 atom stereocenters. The SMILES string of the molecule is O=Cc1ccccc1C(=O)[NH2+]c1ccccc1. The zero-order valence-electron chi connectivity index (χ0n) is 9.17. The van der Waals surface area contributed by atoms with Crippen molar-refractivity contribution in [3.05, 3.63) is 65.7 Å². The minimum atomic E-state index is -0.154. The summed E-state index contributed by atoms with van der Waals surface area (Å²) in [6, 6.07) is 16.1. The van der Waals surface area contributed by atoms with Gasteiger partial charge in [0.05, 0.1) is 5.56 Å². The number of para-hydroxylation sites is 1. The highest BCUT2D eigenvalue weighted by Crippen LogP contribution is 2.05. The summed E-state index contributed by atoms with van der Waals surface area (Å²) in [5.41, 5.74) is 1.69. The first-order valence-electron chi connectivity index (χ1n) is 5.29. The fraction of sp³-hybridized carbons (Fsp3) is 0. The van der Waals surface area contributed by atoms with Crippen molar-refractivity contribution in [2.24, 2.45) is 0 Å². The Labute approximate surface area is 99.1 Å². The van der Waals surface area contributed by atoms with Gasteiger partial charge in [-0.05, 0) is 18.2 Å². The first-order valence-corrected chi connectivity index (χ1v) is 5.29. The van der Waals surface area contributed by atoms with E-state index in [1.807, 2.05) is 30.3 Å². The molecule has 0 saturated carbocycles. The Morgan fingerprint density at radius 3 is 2.29 bits per heavy atom. The lowest BCUT2D eigenvalue weighted by Gasteiger charge is -2.01. The highest BCUT2D eigenvalue weighted by atomic mass is 16.1. The summed E-state index contributed by atoms with van der Waals surface area (Å²) >= 11 is 0. The van der Waals surface area contributed by atoms with E-state index in [1.165, 1.54) is 5.32 Å². The molecule has 0 aliphatic rings. The summed E-state index contributed by atoms with van der Waals surface area (Å²) in [4.78, 5) is 22.8. The van der Waals surface area contributed by atoms with E-state index in [0.717, 1.165) is 5.69 Å². The summed E-state index contributed by atoms with van der Waals surface area (Å²) in [5, 5.41) is 1.53. The van der Waals surface area contributed by atoms with E-state index < -0.39 is 0 Å². The summed E-state index contributed by atoms with van der Waals surface area (Å²) in [7, 11) is 0. The Kier molecular flexibility index (Phi) is 3.43. The number of rotatable bonds is 3. The Balaban J connectivity index is 2.23. The molecule has 0 radical (unpaired) electrons. The van der Waals surface area contributed by atoms with Crippen LogP contribution in [0.3, 0.4) is 0 Å². The van der Waals surface area contributed by atoms with E-state index in [1.54, 1.807) is 24.3 Å². The zero-order chi connectivity index (χ0) is 12.1. The molecule has 0 aliphatic carbocycles. The van der Waals surface area contributed by atoms with Crippen LogP contribution in [0.1, 0.15) is 20.7 Å². The lowest BCUT2D eigenvalue weighted by atomic mass is 10.1. The summed E-state index contributed by atoms with van der Waals surface area (Å²) in [6.07, 6.45) is 0.700. The molecule has 2 N–H and O–H groups in total. The molecule has 0 heterocycles. The molecule has 0 spiro atoms. The molecule has 0 unspecified atom stereocenters. The van der Waals surface area contributed by atoms with Gasteiger partial charge in [0.25, 0.3) is 0 Å². The molecular formula is C14H12NO2+. The highest BCUT2D eigenvalue weighted by molar-refractivity contribution is 5.96. The van der Waals surface area contributed by atoms with Gasteiger partial charge >= 0.3 is 5.91 Å².